The van der Waals surface area contributed by atoms with Crippen LogP contribution in [-0.2, 0) is 24.2 Å². The number of nitrogens with zero attached hydrogens (tertiary/aromatic N) is 3. The van der Waals surface area contributed by atoms with Gasteiger partial charge in [-0.2, -0.15) is 0 Å². The second-order valence-electron chi connectivity index (χ2n) is 6.91. The van der Waals surface area contributed by atoms with Gasteiger partial charge in [-0.05, 0) is 35.4 Å². The minimum atomic E-state index is -0.184. The molecule has 0 fully saturated rings. The van der Waals surface area contributed by atoms with E-state index in [9.17, 15) is 4.79 Å². The van der Waals surface area contributed by atoms with Crippen molar-refractivity contribution in [3.05, 3.63) is 74.5 Å². The highest BCUT2D eigenvalue weighted by Crippen LogP contribution is 2.30. The van der Waals surface area contributed by atoms with E-state index in [1.54, 1.807) is 12.1 Å². The molecular weight excluding hydrogens is 431 g/mol. The maximum absolute atomic E-state index is 11.6. The highest BCUT2D eigenvalue weighted by Gasteiger charge is 2.18. The van der Waals surface area contributed by atoms with E-state index in [4.69, 9.17) is 34.8 Å². The van der Waals surface area contributed by atoms with Crippen LogP contribution < -0.4 is 5.32 Å². The predicted molar refractivity (Wildman–Crippen MR) is 118 cm³/mol. The highest BCUT2D eigenvalue weighted by molar-refractivity contribution is 6.35. The maximum atomic E-state index is 11.6. The molecule has 1 amide bonds. The maximum Gasteiger partial charge on any atom is 0.223 e. The van der Waals surface area contributed by atoms with Crippen molar-refractivity contribution in [3.8, 4) is 0 Å². The van der Waals surface area contributed by atoms with E-state index in [2.05, 4.69) is 15.3 Å². The molecule has 0 bridgehead atoms. The monoisotopic (exact) mass is 446 g/mol. The Kier molecular flexibility index (Phi) is 5.63. The van der Waals surface area contributed by atoms with Gasteiger partial charge >= 0.3 is 0 Å². The molecule has 3 aromatic rings. The Balaban J connectivity index is 1.59. The van der Waals surface area contributed by atoms with Gasteiger partial charge in [-0.3, -0.25) is 15.1 Å². The van der Waals surface area contributed by atoms with E-state index in [1.165, 1.54) is 6.92 Å². The molecule has 148 valence electrons. The van der Waals surface area contributed by atoms with E-state index in [0.717, 1.165) is 34.6 Å². The number of halogens is 3. The van der Waals surface area contributed by atoms with E-state index >= 15 is 0 Å². The van der Waals surface area contributed by atoms with Gasteiger partial charge in [0.15, 0.2) is 0 Å². The van der Waals surface area contributed by atoms with Gasteiger partial charge in [-0.15, -0.1) is 0 Å². The molecule has 0 radical (unpaired) electrons. The molecule has 1 N–H and O–H groups in total. The number of fused-ring (bicyclic) bond motifs is 1. The minimum Gasteiger partial charge on any atom is -0.311 e. The molecule has 1 aliphatic heterocycles. The summed E-state index contributed by atoms with van der Waals surface area (Å²) < 4.78 is 1.90. The number of anilines is 1. The normalized spacial score (nSPS) is 12.6. The average Bonchev–Trinajstić information content (AvgIpc) is 3.20. The smallest absolute Gasteiger partial charge is 0.223 e. The number of carbonyl (C=O) groups excluding carboxylic acids is 1. The number of benzene rings is 2. The Morgan fingerprint density at radius 1 is 1.14 bits per heavy atom. The van der Waals surface area contributed by atoms with Crippen molar-refractivity contribution in [1.82, 2.24) is 9.55 Å². The van der Waals surface area contributed by atoms with Crippen LogP contribution in [0.25, 0.3) is 0 Å². The Hall–Kier alpha value is -2.34. The van der Waals surface area contributed by atoms with Gasteiger partial charge in [-0.25, -0.2) is 4.98 Å². The fourth-order valence-corrected chi connectivity index (χ4v) is 3.94. The third kappa shape index (κ3) is 4.64. The van der Waals surface area contributed by atoms with Gasteiger partial charge in [0.05, 0.1) is 17.9 Å². The molecule has 0 spiro atoms. The summed E-state index contributed by atoms with van der Waals surface area (Å²) in [5.41, 5.74) is 4.70. The molecule has 0 aliphatic carbocycles. The van der Waals surface area contributed by atoms with Crippen LogP contribution in [0.4, 0.5) is 11.6 Å². The van der Waals surface area contributed by atoms with Crippen molar-refractivity contribution in [1.29, 1.82) is 0 Å². The van der Waals surface area contributed by atoms with Gasteiger partial charge in [0.2, 0.25) is 11.9 Å². The van der Waals surface area contributed by atoms with Crippen LogP contribution >= 0.6 is 34.8 Å². The summed E-state index contributed by atoms with van der Waals surface area (Å²) in [4.78, 5) is 20.9. The third-order valence-corrected chi connectivity index (χ3v) is 5.40. The minimum absolute atomic E-state index is 0.184. The molecule has 2 heterocycles. The van der Waals surface area contributed by atoms with Crippen molar-refractivity contribution in [2.45, 2.75) is 26.3 Å². The number of hydrogen-bond donors (Lipinski definition) is 1. The number of rotatable bonds is 5. The lowest BCUT2D eigenvalue weighted by atomic mass is 10.1. The van der Waals surface area contributed by atoms with Gasteiger partial charge in [0.25, 0.3) is 0 Å². The molecule has 0 saturated carbocycles. The fourth-order valence-electron chi connectivity index (χ4n) is 3.30. The van der Waals surface area contributed by atoms with Crippen molar-refractivity contribution in [3.63, 3.8) is 0 Å². The van der Waals surface area contributed by atoms with Crippen LogP contribution in [0, 0.1) is 0 Å². The first kappa shape index (κ1) is 20.0. The summed E-state index contributed by atoms with van der Waals surface area (Å²) >= 11 is 18.3. The fraction of sp³-hybridized carbons (Fsp3) is 0.190. The van der Waals surface area contributed by atoms with Crippen molar-refractivity contribution >= 4 is 58.1 Å². The average molecular weight is 448 g/mol. The van der Waals surface area contributed by atoms with Crippen molar-refractivity contribution in [2.24, 2.45) is 4.99 Å². The zero-order valence-corrected chi connectivity index (χ0v) is 17.8. The SMILES string of the molecule is CC(=O)Nc1nc(Cc2ccc(Cl)cc2Cl)cn1CC1=Nc2cc(Cl)ccc2C1. The molecule has 4 rings (SSSR count). The molecule has 0 unspecified atom stereocenters. The largest absolute Gasteiger partial charge is 0.311 e. The van der Waals surface area contributed by atoms with Gasteiger partial charge in [-0.1, -0.05) is 46.9 Å². The number of aliphatic imine (C=N–C) groups is 1. The molecule has 0 saturated heterocycles. The molecule has 2 aromatic carbocycles. The van der Waals surface area contributed by atoms with Gasteiger partial charge < -0.3 is 4.57 Å². The quantitative estimate of drug-likeness (QED) is 0.543. The van der Waals surface area contributed by atoms with E-state index in [0.29, 0.717) is 34.0 Å². The molecule has 29 heavy (non-hydrogen) atoms. The molecule has 8 heteroatoms. The number of carbonyl (C=O) groups is 1. The molecule has 1 aliphatic rings. The summed E-state index contributed by atoms with van der Waals surface area (Å²) in [6.45, 7) is 1.98. The molecular formula is C21H17Cl3N4O. The number of amides is 1. The summed E-state index contributed by atoms with van der Waals surface area (Å²) in [6, 6.07) is 11.1. The second kappa shape index (κ2) is 8.19. The van der Waals surface area contributed by atoms with Crippen molar-refractivity contribution in [2.75, 3.05) is 5.32 Å². The first-order valence-corrected chi connectivity index (χ1v) is 10.1. The van der Waals surface area contributed by atoms with Crippen LogP contribution in [0.5, 0.6) is 0 Å². The first-order chi connectivity index (χ1) is 13.9. The Morgan fingerprint density at radius 2 is 1.90 bits per heavy atom. The summed E-state index contributed by atoms with van der Waals surface area (Å²) in [7, 11) is 0. The van der Waals surface area contributed by atoms with Crippen LogP contribution in [-0.4, -0.2) is 21.2 Å². The Labute approximate surface area is 183 Å². The standard InChI is InChI=1S/C21H17Cl3N4O/c1-12(29)25-21-27-18(6-13-2-4-15(22)8-19(13)24)11-28(21)10-17-7-14-3-5-16(23)9-20(14)26-17/h2-5,8-9,11H,6-7,10H2,1H3,(H,25,27,29). The van der Waals surface area contributed by atoms with E-state index in [1.807, 2.05) is 35.0 Å². The number of imidazole rings is 1. The summed E-state index contributed by atoms with van der Waals surface area (Å²) in [6.07, 6.45) is 3.18. The second-order valence-corrected chi connectivity index (χ2v) is 8.19. The third-order valence-electron chi connectivity index (χ3n) is 4.57. The Bertz CT molecular complexity index is 1140. The van der Waals surface area contributed by atoms with Crippen LogP contribution in [0.3, 0.4) is 0 Å². The highest BCUT2D eigenvalue weighted by atomic mass is 35.5. The van der Waals surface area contributed by atoms with Crippen LogP contribution in [0.15, 0.2) is 47.6 Å². The first-order valence-electron chi connectivity index (χ1n) is 9.00. The lowest BCUT2D eigenvalue weighted by Crippen LogP contribution is -2.15. The summed E-state index contributed by atoms with van der Waals surface area (Å²) in [5.74, 6) is 0.297. The predicted octanol–water partition coefficient (Wildman–Crippen LogP) is 5.72. The lowest BCUT2D eigenvalue weighted by Gasteiger charge is -2.07. The number of hydrogen-bond acceptors (Lipinski definition) is 3. The number of nitrogens with one attached hydrogen (secondary N) is 1. The van der Waals surface area contributed by atoms with Crippen LogP contribution in [0.1, 0.15) is 23.7 Å². The van der Waals surface area contributed by atoms with Crippen LogP contribution in [0.2, 0.25) is 15.1 Å². The summed E-state index contributed by atoms with van der Waals surface area (Å²) in [5, 5.41) is 4.62. The zero-order valence-electron chi connectivity index (χ0n) is 15.5. The van der Waals surface area contributed by atoms with Gasteiger partial charge in [0, 0.05) is 46.7 Å². The van der Waals surface area contributed by atoms with E-state index in [-0.39, 0.29) is 5.91 Å². The van der Waals surface area contributed by atoms with Gasteiger partial charge in [0.1, 0.15) is 0 Å². The molecule has 0 atom stereocenters. The van der Waals surface area contributed by atoms with Crippen molar-refractivity contribution < 1.29 is 4.79 Å². The Morgan fingerprint density at radius 3 is 2.66 bits per heavy atom. The lowest BCUT2D eigenvalue weighted by molar-refractivity contribution is -0.114. The molecule has 5 nitrogen and oxygen atoms in total. The zero-order chi connectivity index (χ0) is 20.5. The number of aromatic nitrogens is 2. The van der Waals surface area contributed by atoms with E-state index < -0.39 is 0 Å². The topological polar surface area (TPSA) is 59.3 Å². The molecule has 1 aromatic heterocycles.